The van der Waals surface area contributed by atoms with Crippen molar-refractivity contribution in [3.63, 3.8) is 0 Å². The second-order valence-corrected chi connectivity index (χ2v) is 7.25. The Morgan fingerprint density at radius 1 is 1.29 bits per heavy atom. The molecule has 152 valence electrons. The molecule has 1 aliphatic heterocycles. The molecule has 1 aliphatic rings. The molecule has 0 saturated heterocycles. The summed E-state index contributed by atoms with van der Waals surface area (Å²) in [5.41, 5.74) is 2.38. The Morgan fingerprint density at radius 2 is 2.18 bits per heavy atom. The molecule has 0 aliphatic carbocycles. The molecule has 6 heteroatoms. The highest BCUT2D eigenvalue weighted by Crippen LogP contribution is 2.40. The van der Waals surface area contributed by atoms with Gasteiger partial charge in [-0.15, -0.1) is 0 Å². The Hall–Kier alpha value is -2.50. The summed E-state index contributed by atoms with van der Waals surface area (Å²) in [5, 5.41) is 0. The van der Waals surface area contributed by atoms with E-state index in [2.05, 4.69) is 33.5 Å². The highest BCUT2D eigenvalue weighted by Gasteiger charge is 2.30. The van der Waals surface area contributed by atoms with Gasteiger partial charge in [0.15, 0.2) is 0 Å². The zero-order valence-electron chi connectivity index (χ0n) is 17.0. The molecule has 1 aromatic carbocycles. The average Bonchev–Trinajstić information content (AvgIpc) is 3.32. The monoisotopic (exact) mass is 385 g/mol. The molecule has 3 rings (SSSR count). The molecule has 28 heavy (non-hydrogen) atoms. The van der Waals surface area contributed by atoms with Gasteiger partial charge in [0.2, 0.25) is 0 Å². The number of aromatic nitrogens is 2. The van der Waals surface area contributed by atoms with Gasteiger partial charge in [-0.05, 0) is 43.5 Å². The number of rotatable bonds is 11. The summed E-state index contributed by atoms with van der Waals surface area (Å²) in [5.74, 6) is 1.09. The lowest BCUT2D eigenvalue weighted by atomic mass is 9.97. The van der Waals surface area contributed by atoms with Gasteiger partial charge in [0.25, 0.3) is 0 Å². The number of imidazole rings is 1. The van der Waals surface area contributed by atoms with E-state index in [-0.39, 0.29) is 5.97 Å². The van der Waals surface area contributed by atoms with E-state index >= 15 is 0 Å². The van der Waals surface area contributed by atoms with Crippen LogP contribution in [0.4, 0.5) is 5.69 Å². The molecule has 0 bridgehead atoms. The zero-order valence-corrected chi connectivity index (χ0v) is 17.0. The van der Waals surface area contributed by atoms with Gasteiger partial charge in [0, 0.05) is 37.1 Å². The third-order valence-corrected chi connectivity index (χ3v) is 5.16. The normalized spacial score (nSPS) is 15.5. The van der Waals surface area contributed by atoms with Crippen LogP contribution in [-0.2, 0) is 16.1 Å². The smallest absolute Gasteiger partial charge is 0.325 e. The van der Waals surface area contributed by atoms with Gasteiger partial charge in [0.05, 0.1) is 19.5 Å². The molecule has 1 atom stereocenters. The topological polar surface area (TPSA) is 56.6 Å². The molecule has 0 fully saturated rings. The van der Waals surface area contributed by atoms with Gasteiger partial charge < -0.3 is 18.9 Å². The first-order valence-corrected chi connectivity index (χ1v) is 10.3. The summed E-state index contributed by atoms with van der Waals surface area (Å²) in [6.45, 7) is 7.21. The van der Waals surface area contributed by atoms with Crippen LogP contribution in [0.1, 0.15) is 51.0 Å². The van der Waals surface area contributed by atoms with E-state index in [1.165, 1.54) is 18.4 Å². The zero-order chi connectivity index (χ0) is 19.8. The van der Waals surface area contributed by atoms with Crippen molar-refractivity contribution in [1.29, 1.82) is 0 Å². The van der Waals surface area contributed by atoms with Crippen LogP contribution in [0.25, 0.3) is 0 Å². The Balaban J connectivity index is 1.71. The highest BCUT2D eigenvalue weighted by atomic mass is 16.5. The van der Waals surface area contributed by atoms with Crippen molar-refractivity contribution in [3.8, 4) is 5.75 Å². The first-order valence-electron chi connectivity index (χ1n) is 10.3. The highest BCUT2D eigenvalue weighted by molar-refractivity contribution is 5.78. The van der Waals surface area contributed by atoms with Crippen molar-refractivity contribution in [1.82, 2.24) is 9.55 Å². The summed E-state index contributed by atoms with van der Waals surface area (Å²) in [6, 6.07) is 6.26. The van der Waals surface area contributed by atoms with Crippen molar-refractivity contribution >= 4 is 11.7 Å². The number of hydrogen-bond donors (Lipinski definition) is 0. The van der Waals surface area contributed by atoms with Gasteiger partial charge in [-0.2, -0.15) is 0 Å². The Labute approximate surface area is 167 Å². The standard InChI is InChI=1S/C22H31N3O3/c1-3-5-6-13-28-19-7-8-21-20(14-19)18(9-11-24-12-10-23-17-24)15-25(21)16-22(26)27-4-2/h7-8,10,12,14,17-18H,3-6,9,11,13,15-16H2,1-2H3. The van der Waals surface area contributed by atoms with Crippen LogP contribution in [0.15, 0.2) is 36.9 Å². The summed E-state index contributed by atoms with van der Waals surface area (Å²) >= 11 is 0. The second kappa shape index (κ2) is 10.2. The number of anilines is 1. The van der Waals surface area contributed by atoms with E-state index in [0.717, 1.165) is 44.0 Å². The number of carbonyl (C=O) groups is 1. The minimum absolute atomic E-state index is 0.177. The van der Waals surface area contributed by atoms with E-state index < -0.39 is 0 Å². The van der Waals surface area contributed by atoms with Gasteiger partial charge in [-0.1, -0.05) is 19.8 Å². The van der Waals surface area contributed by atoms with E-state index in [1.807, 2.05) is 25.5 Å². The fourth-order valence-corrected chi connectivity index (χ4v) is 3.73. The van der Waals surface area contributed by atoms with Crippen molar-refractivity contribution in [2.45, 2.75) is 52.0 Å². The molecule has 0 saturated carbocycles. The van der Waals surface area contributed by atoms with Gasteiger partial charge in [-0.3, -0.25) is 4.79 Å². The first kappa shape index (κ1) is 20.2. The van der Waals surface area contributed by atoms with Crippen LogP contribution >= 0.6 is 0 Å². The number of carbonyl (C=O) groups excluding carboxylic acids is 1. The van der Waals surface area contributed by atoms with Gasteiger partial charge >= 0.3 is 5.97 Å². The van der Waals surface area contributed by atoms with E-state index in [9.17, 15) is 4.79 Å². The van der Waals surface area contributed by atoms with Crippen LogP contribution in [0.5, 0.6) is 5.75 Å². The first-order chi connectivity index (χ1) is 13.7. The quantitative estimate of drug-likeness (QED) is 0.432. The SMILES string of the molecule is CCCCCOc1ccc2c(c1)C(CCn1ccnc1)CN2CC(=O)OCC. The van der Waals surface area contributed by atoms with E-state index in [0.29, 0.717) is 19.1 Å². The fourth-order valence-electron chi connectivity index (χ4n) is 3.73. The van der Waals surface area contributed by atoms with Gasteiger partial charge in [-0.25, -0.2) is 4.98 Å². The van der Waals surface area contributed by atoms with E-state index in [4.69, 9.17) is 9.47 Å². The number of aryl methyl sites for hydroxylation is 1. The largest absolute Gasteiger partial charge is 0.494 e. The molecule has 2 heterocycles. The second-order valence-electron chi connectivity index (χ2n) is 7.25. The fraction of sp³-hybridized carbons (Fsp3) is 0.545. The summed E-state index contributed by atoms with van der Waals surface area (Å²) in [7, 11) is 0. The molecule has 6 nitrogen and oxygen atoms in total. The Bertz CT molecular complexity index is 745. The minimum atomic E-state index is -0.177. The predicted octanol–water partition coefficient (Wildman–Crippen LogP) is 4.01. The van der Waals surface area contributed by atoms with Crippen molar-refractivity contribution < 1.29 is 14.3 Å². The lowest BCUT2D eigenvalue weighted by Crippen LogP contribution is -2.30. The van der Waals surface area contributed by atoms with Crippen molar-refractivity contribution in [2.24, 2.45) is 0 Å². The maximum absolute atomic E-state index is 12.0. The molecule has 0 radical (unpaired) electrons. The molecular formula is C22H31N3O3. The molecule has 0 amide bonds. The lowest BCUT2D eigenvalue weighted by Gasteiger charge is -2.19. The number of ether oxygens (including phenoxy) is 2. The number of esters is 1. The van der Waals surface area contributed by atoms with Crippen LogP contribution < -0.4 is 9.64 Å². The van der Waals surface area contributed by atoms with Crippen molar-refractivity contribution in [2.75, 3.05) is 31.2 Å². The number of fused-ring (bicyclic) bond motifs is 1. The predicted molar refractivity (Wildman–Crippen MR) is 110 cm³/mol. The Morgan fingerprint density at radius 3 is 2.93 bits per heavy atom. The lowest BCUT2D eigenvalue weighted by molar-refractivity contribution is -0.141. The van der Waals surface area contributed by atoms with Crippen molar-refractivity contribution in [3.05, 3.63) is 42.5 Å². The van der Waals surface area contributed by atoms with Crippen LogP contribution in [0.2, 0.25) is 0 Å². The number of benzene rings is 1. The Kier molecular flexibility index (Phi) is 7.34. The van der Waals surface area contributed by atoms with Crippen LogP contribution in [-0.4, -0.2) is 41.8 Å². The maximum Gasteiger partial charge on any atom is 0.325 e. The van der Waals surface area contributed by atoms with Crippen LogP contribution in [0, 0.1) is 0 Å². The van der Waals surface area contributed by atoms with Crippen LogP contribution in [0.3, 0.4) is 0 Å². The average molecular weight is 386 g/mol. The summed E-state index contributed by atoms with van der Waals surface area (Å²) in [4.78, 5) is 18.3. The molecule has 1 aromatic heterocycles. The number of unbranched alkanes of at least 4 members (excludes halogenated alkanes) is 2. The van der Waals surface area contributed by atoms with E-state index in [1.54, 1.807) is 6.20 Å². The molecule has 0 spiro atoms. The number of hydrogen-bond acceptors (Lipinski definition) is 5. The molecular weight excluding hydrogens is 354 g/mol. The minimum Gasteiger partial charge on any atom is -0.494 e. The third-order valence-electron chi connectivity index (χ3n) is 5.16. The summed E-state index contributed by atoms with van der Waals surface area (Å²) < 4.78 is 13.2. The summed E-state index contributed by atoms with van der Waals surface area (Å²) in [6.07, 6.45) is 10.1. The molecule has 2 aromatic rings. The molecule has 1 unspecified atom stereocenters. The maximum atomic E-state index is 12.0. The molecule has 0 N–H and O–H groups in total. The number of nitrogens with zero attached hydrogens (tertiary/aromatic N) is 3. The third kappa shape index (κ3) is 5.27. The van der Waals surface area contributed by atoms with Gasteiger partial charge in [0.1, 0.15) is 12.3 Å².